The molecule has 1 fully saturated rings. The van der Waals surface area contributed by atoms with Crippen LogP contribution in [0.3, 0.4) is 0 Å². The van der Waals surface area contributed by atoms with Crippen molar-refractivity contribution in [1.82, 2.24) is 9.80 Å². The van der Waals surface area contributed by atoms with Gasteiger partial charge < -0.3 is 14.8 Å². The fraction of sp³-hybridized carbons (Fsp3) is 0.381. The molecule has 0 spiro atoms. The molecule has 156 valence electrons. The molecule has 1 aliphatic rings. The van der Waals surface area contributed by atoms with Crippen LogP contribution in [0.15, 0.2) is 42.5 Å². The number of hydrogen-bond donors (Lipinski definition) is 1. The van der Waals surface area contributed by atoms with Crippen LogP contribution < -0.4 is 14.8 Å². The maximum absolute atomic E-state index is 13.7. The average Bonchev–Trinajstić information content (AvgIpc) is 2.72. The van der Waals surface area contributed by atoms with Gasteiger partial charge >= 0.3 is 0 Å². The van der Waals surface area contributed by atoms with Gasteiger partial charge in [0.05, 0.1) is 19.3 Å². The van der Waals surface area contributed by atoms with Gasteiger partial charge in [-0.2, -0.15) is 0 Å². The second-order valence-corrected chi connectivity index (χ2v) is 7.25. The Morgan fingerprint density at radius 1 is 1.07 bits per heavy atom. The summed E-state index contributed by atoms with van der Waals surface area (Å²) in [5.41, 5.74) is 0.108. The van der Waals surface area contributed by atoms with Gasteiger partial charge in [-0.1, -0.05) is 11.6 Å². The number of nitrogens with one attached hydrogen (secondary N) is 1. The summed E-state index contributed by atoms with van der Waals surface area (Å²) in [7, 11) is 1.63. The van der Waals surface area contributed by atoms with E-state index in [2.05, 4.69) is 15.1 Å². The van der Waals surface area contributed by atoms with Crippen LogP contribution in [0.5, 0.6) is 11.5 Å². The molecular weight excluding hydrogens is 397 g/mol. The van der Waals surface area contributed by atoms with Crippen molar-refractivity contribution in [3.8, 4) is 11.5 Å². The number of anilines is 1. The molecule has 0 bridgehead atoms. The lowest BCUT2D eigenvalue weighted by atomic mass is 10.3. The summed E-state index contributed by atoms with van der Waals surface area (Å²) in [5.74, 6) is 0.872. The van der Waals surface area contributed by atoms with E-state index in [4.69, 9.17) is 21.1 Å². The van der Waals surface area contributed by atoms with Crippen LogP contribution in [0.1, 0.15) is 0 Å². The van der Waals surface area contributed by atoms with Gasteiger partial charge in [0, 0.05) is 37.7 Å². The summed E-state index contributed by atoms with van der Waals surface area (Å²) in [4.78, 5) is 16.5. The van der Waals surface area contributed by atoms with Crippen molar-refractivity contribution in [2.24, 2.45) is 0 Å². The van der Waals surface area contributed by atoms with Crippen molar-refractivity contribution in [3.05, 3.63) is 53.3 Å². The minimum absolute atomic E-state index is 0.108. The second-order valence-electron chi connectivity index (χ2n) is 6.81. The van der Waals surface area contributed by atoms with Crippen molar-refractivity contribution < 1.29 is 18.7 Å². The van der Waals surface area contributed by atoms with Crippen LogP contribution in [0.4, 0.5) is 10.1 Å². The third kappa shape index (κ3) is 6.59. The maximum atomic E-state index is 13.7. The van der Waals surface area contributed by atoms with E-state index in [9.17, 15) is 9.18 Å². The Bertz CT molecular complexity index is 811. The van der Waals surface area contributed by atoms with Gasteiger partial charge in [0.2, 0.25) is 5.91 Å². The Morgan fingerprint density at radius 3 is 2.41 bits per heavy atom. The van der Waals surface area contributed by atoms with Crippen molar-refractivity contribution in [2.75, 3.05) is 58.3 Å². The molecular formula is C21H25ClFN3O3. The minimum atomic E-state index is -0.496. The highest BCUT2D eigenvalue weighted by Crippen LogP contribution is 2.19. The molecule has 0 aromatic heterocycles. The topological polar surface area (TPSA) is 54.0 Å². The summed E-state index contributed by atoms with van der Waals surface area (Å²) in [6, 6.07) is 11.6. The van der Waals surface area contributed by atoms with Crippen LogP contribution in [-0.2, 0) is 4.79 Å². The lowest BCUT2D eigenvalue weighted by molar-refractivity contribution is -0.117. The molecule has 1 N–H and O–H groups in total. The Kier molecular flexibility index (Phi) is 7.69. The molecule has 0 unspecified atom stereocenters. The predicted molar refractivity (Wildman–Crippen MR) is 111 cm³/mol. The molecule has 6 nitrogen and oxygen atoms in total. The molecule has 1 aliphatic heterocycles. The van der Waals surface area contributed by atoms with Gasteiger partial charge in [-0.3, -0.25) is 14.6 Å². The summed E-state index contributed by atoms with van der Waals surface area (Å²) in [5, 5.41) is 2.97. The number of rotatable bonds is 8. The SMILES string of the molecule is COc1ccc(OCCN2CCN(CC(=O)Nc3cc(Cl)ccc3F)CC2)cc1. The van der Waals surface area contributed by atoms with E-state index in [1.165, 1.54) is 18.2 Å². The van der Waals surface area contributed by atoms with Gasteiger partial charge in [0.1, 0.15) is 23.9 Å². The van der Waals surface area contributed by atoms with E-state index in [-0.39, 0.29) is 18.1 Å². The molecule has 1 heterocycles. The summed E-state index contributed by atoms with van der Waals surface area (Å²) < 4.78 is 24.6. The molecule has 2 aromatic rings. The van der Waals surface area contributed by atoms with Crippen molar-refractivity contribution in [2.45, 2.75) is 0 Å². The molecule has 2 aromatic carbocycles. The first kappa shape index (κ1) is 21.4. The molecule has 0 saturated carbocycles. The van der Waals surface area contributed by atoms with Crippen molar-refractivity contribution >= 4 is 23.2 Å². The van der Waals surface area contributed by atoms with Crippen molar-refractivity contribution in [1.29, 1.82) is 0 Å². The second kappa shape index (κ2) is 10.4. The Balaban J connectivity index is 1.35. The smallest absolute Gasteiger partial charge is 0.238 e. The van der Waals surface area contributed by atoms with Gasteiger partial charge in [-0.15, -0.1) is 0 Å². The molecule has 1 saturated heterocycles. The molecule has 0 atom stereocenters. The fourth-order valence-corrected chi connectivity index (χ4v) is 3.29. The number of carbonyl (C=O) groups is 1. The van der Waals surface area contributed by atoms with E-state index in [0.717, 1.165) is 44.2 Å². The zero-order valence-electron chi connectivity index (χ0n) is 16.4. The Morgan fingerprint density at radius 2 is 1.72 bits per heavy atom. The predicted octanol–water partition coefficient (Wildman–Crippen LogP) is 3.12. The first-order valence-electron chi connectivity index (χ1n) is 9.50. The number of nitrogens with zero attached hydrogens (tertiary/aromatic N) is 2. The van der Waals surface area contributed by atoms with E-state index in [1.807, 2.05) is 24.3 Å². The monoisotopic (exact) mass is 421 g/mol. The molecule has 1 amide bonds. The fourth-order valence-electron chi connectivity index (χ4n) is 3.12. The summed E-state index contributed by atoms with van der Waals surface area (Å²) >= 11 is 5.85. The van der Waals surface area contributed by atoms with Gasteiger partial charge in [0.25, 0.3) is 0 Å². The Labute approximate surface area is 175 Å². The highest BCUT2D eigenvalue weighted by molar-refractivity contribution is 6.30. The Hall–Kier alpha value is -2.35. The lowest BCUT2D eigenvalue weighted by Crippen LogP contribution is -2.49. The zero-order chi connectivity index (χ0) is 20.6. The van der Waals surface area contributed by atoms with E-state index in [1.54, 1.807) is 7.11 Å². The number of methoxy groups -OCH3 is 1. The van der Waals surface area contributed by atoms with Crippen LogP contribution in [0.2, 0.25) is 5.02 Å². The highest BCUT2D eigenvalue weighted by Gasteiger charge is 2.19. The number of halogens is 2. The van der Waals surface area contributed by atoms with Crippen molar-refractivity contribution in [3.63, 3.8) is 0 Å². The number of piperazine rings is 1. The highest BCUT2D eigenvalue weighted by atomic mass is 35.5. The van der Waals surface area contributed by atoms with Crippen LogP contribution in [-0.4, -0.2) is 68.7 Å². The summed E-state index contributed by atoms with van der Waals surface area (Å²) in [6.07, 6.45) is 0. The van der Waals surface area contributed by atoms with Crippen LogP contribution in [0, 0.1) is 5.82 Å². The number of hydrogen-bond acceptors (Lipinski definition) is 5. The molecule has 29 heavy (non-hydrogen) atoms. The minimum Gasteiger partial charge on any atom is -0.497 e. The maximum Gasteiger partial charge on any atom is 0.238 e. The first-order valence-corrected chi connectivity index (χ1v) is 9.88. The van der Waals surface area contributed by atoms with Gasteiger partial charge in [-0.25, -0.2) is 4.39 Å². The molecule has 8 heteroatoms. The quantitative estimate of drug-likeness (QED) is 0.709. The van der Waals surface area contributed by atoms with E-state index in [0.29, 0.717) is 11.6 Å². The number of benzene rings is 2. The molecule has 0 aliphatic carbocycles. The zero-order valence-corrected chi connectivity index (χ0v) is 17.1. The molecule has 3 rings (SSSR count). The summed E-state index contributed by atoms with van der Waals surface area (Å²) in [6.45, 7) is 4.89. The molecule has 0 radical (unpaired) electrons. The van der Waals surface area contributed by atoms with Crippen LogP contribution in [0.25, 0.3) is 0 Å². The third-order valence-electron chi connectivity index (χ3n) is 4.77. The average molecular weight is 422 g/mol. The lowest BCUT2D eigenvalue weighted by Gasteiger charge is -2.34. The third-order valence-corrected chi connectivity index (χ3v) is 5.01. The van der Waals surface area contributed by atoms with E-state index < -0.39 is 5.82 Å². The normalized spacial score (nSPS) is 15.1. The largest absolute Gasteiger partial charge is 0.497 e. The van der Waals surface area contributed by atoms with E-state index >= 15 is 0 Å². The number of amides is 1. The van der Waals surface area contributed by atoms with Crippen LogP contribution >= 0.6 is 11.6 Å². The number of carbonyl (C=O) groups excluding carboxylic acids is 1. The number of ether oxygens (including phenoxy) is 2. The first-order chi connectivity index (χ1) is 14.0. The standard InChI is InChI=1S/C21H25ClFN3O3/c1-28-17-3-5-18(6-4-17)29-13-12-25-8-10-26(11-9-25)15-21(27)24-20-14-16(22)2-7-19(20)23/h2-7,14H,8-13,15H2,1H3,(H,24,27). The van der Waals surface area contributed by atoms with Gasteiger partial charge in [0.15, 0.2) is 0 Å². The van der Waals surface area contributed by atoms with Gasteiger partial charge in [-0.05, 0) is 42.5 Å².